The number of carbonyl (C=O) groups is 1. The van der Waals surface area contributed by atoms with Gasteiger partial charge in [-0.05, 0) is 36.8 Å². The summed E-state index contributed by atoms with van der Waals surface area (Å²) in [4.78, 5) is 22.2. The molecule has 0 unspecified atom stereocenters. The van der Waals surface area contributed by atoms with Crippen LogP contribution in [0.3, 0.4) is 0 Å². The van der Waals surface area contributed by atoms with Crippen LogP contribution < -0.4 is 10.1 Å². The van der Waals surface area contributed by atoms with Crippen LogP contribution in [-0.4, -0.2) is 29.5 Å². The molecule has 3 aromatic carbocycles. The highest BCUT2D eigenvalue weighted by Gasteiger charge is 2.16. The third kappa shape index (κ3) is 5.41. The zero-order valence-electron chi connectivity index (χ0n) is 17.5. The Hall–Kier alpha value is -3.38. The molecule has 0 spiro atoms. The second kappa shape index (κ2) is 9.62. The maximum Gasteiger partial charge on any atom is 0.234 e. The Morgan fingerprint density at radius 1 is 1.00 bits per heavy atom. The Morgan fingerprint density at radius 2 is 1.74 bits per heavy atom. The largest absolute Gasteiger partial charge is 0.497 e. The van der Waals surface area contributed by atoms with Crippen molar-refractivity contribution in [2.24, 2.45) is 9.98 Å². The van der Waals surface area contributed by atoms with Crippen molar-refractivity contribution >= 4 is 45.5 Å². The number of para-hydroxylation sites is 2. The van der Waals surface area contributed by atoms with Crippen molar-refractivity contribution in [3.63, 3.8) is 0 Å². The fourth-order valence-corrected chi connectivity index (χ4v) is 3.97. The van der Waals surface area contributed by atoms with Gasteiger partial charge in [-0.1, -0.05) is 48.0 Å². The smallest absolute Gasteiger partial charge is 0.234 e. The second-order valence-electron chi connectivity index (χ2n) is 7.16. The zero-order valence-corrected chi connectivity index (χ0v) is 18.3. The van der Waals surface area contributed by atoms with Crippen molar-refractivity contribution < 1.29 is 9.53 Å². The third-order valence-electron chi connectivity index (χ3n) is 4.81. The molecule has 0 bridgehead atoms. The number of nitrogens with zero attached hydrogens (tertiary/aromatic N) is 2. The fourth-order valence-electron chi connectivity index (χ4n) is 3.20. The first-order valence-electron chi connectivity index (χ1n) is 9.98. The summed E-state index contributed by atoms with van der Waals surface area (Å²) in [6, 6.07) is 23.5. The monoisotopic (exact) mass is 429 g/mol. The molecule has 0 fully saturated rings. The minimum absolute atomic E-state index is 0.0905. The van der Waals surface area contributed by atoms with Gasteiger partial charge in [-0.3, -0.25) is 9.79 Å². The van der Waals surface area contributed by atoms with E-state index in [1.54, 1.807) is 13.2 Å². The molecule has 0 atom stereocenters. The number of hydrogen-bond donors (Lipinski definition) is 1. The highest BCUT2D eigenvalue weighted by molar-refractivity contribution is 8.14. The Kier molecular flexibility index (Phi) is 6.48. The summed E-state index contributed by atoms with van der Waals surface area (Å²) in [6.07, 6.45) is 0.578. The van der Waals surface area contributed by atoms with Gasteiger partial charge in [0, 0.05) is 18.2 Å². The van der Waals surface area contributed by atoms with Crippen molar-refractivity contribution in [2.75, 3.05) is 18.2 Å². The number of anilines is 1. The highest BCUT2D eigenvalue weighted by atomic mass is 32.2. The molecule has 6 heteroatoms. The number of thioether (sulfide) groups is 1. The van der Waals surface area contributed by atoms with Gasteiger partial charge in [0.05, 0.1) is 35.0 Å². The van der Waals surface area contributed by atoms with Crippen LogP contribution in [0.25, 0.3) is 0 Å². The zero-order chi connectivity index (χ0) is 21.6. The molecule has 1 aliphatic rings. The number of nitrogens with one attached hydrogen (secondary N) is 1. The molecule has 156 valence electrons. The molecular weight excluding hydrogens is 406 g/mol. The van der Waals surface area contributed by atoms with Crippen LogP contribution in [0.2, 0.25) is 0 Å². The van der Waals surface area contributed by atoms with Gasteiger partial charge >= 0.3 is 0 Å². The van der Waals surface area contributed by atoms with Crippen molar-refractivity contribution in [1.29, 1.82) is 0 Å². The lowest BCUT2D eigenvalue weighted by Crippen LogP contribution is -2.16. The lowest BCUT2D eigenvalue weighted by atomic mass is 10.1. The van der Waals surface area contributed by atoms with Crippen LogP contribution in [-0.2, 0) is 4.79 Å². The van der Waals surface area contributed by atoms with E-state index in [4.69, 9.17) is 14.7 Å². The molecular formula is C25H23N3O2S. The number of aryl methyl sites for hydroxylation is 1. The van der Waals surface area contributed by atoms with E-state index in [9.17, 15) is 4.79 Å². The molecule has 1 N–H and O–H groups in total. The van der Waals surface area contributed by atoms with Gasteiger partial charge < -0.3 is 10.1 Å². The number of fused-ring (bicyclic) bond motifs is 1. The molecule has 31 heavy (non-hydrogen) atoms. The second-order valence-corrected chi connectivity index (χ2v) is 8.21. The quantitative estimate of drug-likeness (QED) is 0.547. The van der Waals surface area contributed by atoms with Crippen LogP contribution >= 0.6 is 11.8 Å². The molecule has 3 aromatic rings. The number of methoxy groups -OCH3 is 1. The van der Waals surface area contributed by atoms with E-state index in [1.165, 1.54) is 17.3 Å². The van der Waals surface area contributed by atoms with E-state index in [0.717, 1.165) is 27.7 Å². The van der Waals surface area contributed by atoms with Crippen LogP contribution in [0.5, 0.6) is 5.75 Å². The summed E-state index contributed by atoms with van der Waals surface area (Å²) in [6.45, 7) is 2.07. The lowest BCUT2D eigenvalue weighted by molar-refractivity contribution is -0.113. The van der Waals surface area contributed by atoms with Crippen LogP contribution in [0.4, 0.5) is 17.1 Å². The van der Waals surface area contributed by atoms with Crippen molar-refractivity contribution in [2.45, 2.75) is 13.3 Å². The summed E-state index contributed by atoms with van der Waals surface area (Å²) in [7, 11) is 1.60. The van der Waals surface area contributed by atoms with Gasteiger partial charge in [0.1, 0.15) is 5.75 Å². The van der Waals surface area contributed by atoms with E-state index in [0.29, 0.717) is 17.9 Å². The minimum Gasteiger partial charge on any atom is -0.497 e. The Morgan fingerprint density at radius 3 is 2.48 bits per heavy atom. The van der Waals surface area contributed by atoms with Crippen LogP contribution in [0.15, 0.2) is 82.8 Å². The van der Waals surface area contributed by atoms with Gasteiger partial charge in [-0.15, -0.1) is 11.8 Å². The molecule has 0 saturated heterocycles. The van der Waals surface area contributed by atoms with Gasteiger partial charge in [-0.2, -0.15) is 0 Å². The maximum absolute atomic E-state index is 12.5. The molecule has 5 nitrogen and oxygen atoms in total. The number of hydrogen-bond acceptors (Lipinski definition) is 5. The van der Waals surface area contributed by atoms with Gasteiger partial charge in [0.2, 0.25) is 5.91 Å². The number of carbonyl (C=O) groups excluding carboxylic acids is 1. The number of rotatable bonds is 5. The summed E-state index contributed by atoms with van der Waals surface area (Å²) in [5, 5.41) is 3.78. The molecule has 1 amide bonds. The van der Waals surface area contributed by atoms with Gasteiger partial charge in [-0.25, -0.2) is 4.99 Å². The first kappa shape index (κ1) is 20.9. The number of ether oxygens (including phenoxy) is 1. The van der Waals surface area contributed by atoms with E-state index in [1.807, 2.05) is 42.5 Å². The topological polar surface area (TPSA) is 63.0 Å². The number of aliphatic imine (C=N–C) groups is 2. The maximum atomic E-state index is 12.5. The van der Waals surface area contributed by atoms with E-state index in [2.05, 4.69) is 36.5 Å². The van der Waals surface area contributed by atoms with E-state index in [-0.39, 0.29) is 11.7 Å². The predicted molar refractivity (Wildman–Crippen MR) is 130 cm³/mol. The molecule has 0 aliphatic carbocycles. The Bertz CT molecular complexity index is 1150. The molecule has 0 aromatic heterocycles. The van der Waals surface area contributed by atoms with Crippen molar-refractivity contribution in [3.05, 3.63) is 83.9 Å². The normalized spacial score (nSPS) is 12.8. The van der Waals surface area contributed by atoms with Crippen LogP contribution in [0.1, 0.15) is 17.5 Å². The number of benzene rings is 3. The minimum atomic E-state index is -0.0905. The summed E-state index contributed by atoms with van der Waals surface area (Å²) >= 11 is 1.44. The summed E-state index contributed by atoms with van der Waals surface area (Å²) in [5.41, 5.74) is 5.59. The van der Waals surface area contributed by atoms with Crippen molar-refractivity contribution in [1.82, 2.24) is 0 Å². The third-order valence-corrected chi connectivity index (χ3v) is 5.78. The predicted octanol–water partition coefficient (Wildman–Crippen LogP) is 5.93. The first-order valence-corrected chi connectivity index (χ1v) is 11.0. The highest BCUT2D eigenvalue weighted by Crippen LogP contribution is 2.33. The van der Waals surface area contributed by atoms with E-state index < -0.39 is 0 Å². The van der Waals surface area contributed by atoms with E-state index >= 15 is 0 Å². The van der Waals surface area contributed by atoms with Crippen molar-refractivity contribution in [3.8, 4) is 5.75 Å². The summed E-state index contributed by atoms with van der Waals surface area (Å²) in [5.74, 6) is 0.876. The van der Waals surface area contributed by atoms with Crippen LogP contribution in [0, 0.1) is 6.92 Å². The molecule has 1 heterocycles. The molecule has 0 radical (unpaired) electrons. The molecule has 1 aliphatic heterocycles. The van der Waals surface area contributed by atoms with Gasteiger partial charge in [0.15, 0.2) is 0 Å². The Balaban J connectivity index is 1.51. The number of amides is 1. The summed E-state index contributed by atoms with van der Waals surface area (Å²) < 4.78 is 5.21. The van der Waals surface area contributed by atoms with Gasteiger partial charge in [0.25, 0.3) is 0 Å². The molecule has 0 saturated carbocycles. The average Bonchev–Trinajstić information content (AvgIpc) is 2.97. The average molecular weight is 430 g/mol. The molecule has 4 rings (SSSR count). The standard InChI is InChI=1S/C25H23N3O2S/c1-17-10-12-18(13-11-17)23-15-25(28-22-9-4-3-8-21(22)27-23)31-16-24(29)26-19-6-5-7-20(14-19)30-2/h3-14H,15-16H2,1-2H3,(H,26,29). The Labute approximate surface area is 186 Å². The SMILES string of the molecule is COc1cccc(NC(=O)CSC2=Nc3ccccc3N=C(c3ccc(C)cc3)C2)c1. The first-order chi connectivity index (χ1) is 15.1. The lowest BCUT2D eigenvalue weighted by Gasteiger charge is -2.09. The fraction of sp³-hybridized carbons (Fsp3) is 0.160.